The highest BCUT2D eigenvalue weighted by Gasteiger charge is 2.33. The molecule has 1 heterocycles. The van der Waals surface area contributed by atoms with Gasteiger partial charge in [0.05, 0.1) is 23.4 Å². The molecular weight excluding hydrogens is 645 g/mol. The summed E-state index contributed by atoms with van der Waals surface area (Å²) in [6.45, 7) is 16.8. The summed E-state index contributed by atoms with van der Waals surface area (Å²) in [6.07, 6.45) is 0.562. The number of aliphatic hydroxyl groups excluding tert-OH is 1. The molecule has 6 unspecified atom stereocenters. The number of aromatic nitrogens is 1. The average molecular weight is 703 g/mol. The first kappa shape index (κ1) is 42.4. The van der Waals surface area contributed by atoms with Gasteiger partial charge in [-0.25, -0.2) is 17.7 Å². The summed E-state index contributed by atoms with van der Waals surface area (Å²) in [5, 5.41) is 25.1. The molecule has 1 aromatic rings. The number of sulfonamides is 1. The van der Waals surface area contributed by atoms with Gasteiger partial charge in [0.1, 0.15) is 12.1 Å². The number of aliphatic hydroxyl groups is 1. The van der Waals surface area contributed by atoms with Gasteiger partial charge < -0.3 is 26.4 Å². The fourth-order valence-corrected chi connectivity index (χ4v) is 6.06. The van der Waals surface area contributed by atoms with E-state index in [1.54, 1.807) is 13.8 Å². The van der Waals surface area contributed by atoms with Crippen LogP contribution in [0.1, 0.15) is 78.9 Å². The molecule has 15 heteroatoms. The molecule has 0 bridgehead atoms. The summed E-state index contributed by atoms with van der Waals surface area (Å²) in [6, 6.07) is -2.79. The van der Waals surface area contributed by atoms with Gasteiger partial charge in [0.25, 0.3) is 0 Å². The predicted molar refractivity (Wildman–Crippen MR) is 185 cm³/mol. The molecule has 0 saturated carbocycles. The Bertz CT molecular complexity index is 1280. The van der Waals surface area contributed by atoms with Gasteiger partial charge in [-0.05, 0) is 37.5 Å². The topological polar surface area (TPSA) is 187 Å². The van der Waals surface area contributed by atoms with E-state index in [2.05, 4.69) is 26.3 Å². The Morgan fingerprint density at radius 2 is 1.47 bits per heavy atom. The Balaban J connectivity index is 3.09. The first-order valence-electron chi connectivity index (χ1n) is 16.3. The summed E-state index contributed by atoms with van der Waals surface area (Å²) >= 11 is 1.43. The molecule has 0 aliphatic heterocycles. The van der Waals surface area contributed by atoms with Crippen LogP contribution in [0.5, 0.6) is 0 Å². The number of carbonyl (C=O) groups is 4. The maximum Gasteiger partial charge on any atom is 0.244 e. The van der Waals surface area contributed by atoms with E-state index in [0.29, 0.717) is 19.4 Å². The fraction of sp³-hybridized carbons (Fsp3) is 0.781. The van der Waals surface area contributed by atoms with Crippen molar-refractivity contribution in [2.45, 2.75) is 106 Å². The SMILES string of the molecule is Cc1csc(CC(C)C(=O)NC(CN(C)S(C)(=O)=O)C(=O)NC(CC(C)C)C(O)CC(C)C(=O)NC(C(=O)NCC(C)C)C(C)C)n1. The van der Waals surface area contributed by atoms with Crippen LogP contribution in [0.25, 0.3) is 0 Å². The van der Waals surface area contributed by atoms with Gasteiger partial charge in [0.15, 0.2) is 0 Å². The van der Waals surface area contributed by atoms with E-state index < -0.39 is 63.8 Å². The van der Waals surface area contributed by atoms with Crippen molar-refractivity contribution in [3.05, 3.63) is 16.1 Å². The highest BCUT2D eigenvalue weighted by Crippen LogP contribution is 2.18. The fourth-order valence-electron chi connectivity index (χ4n) is 4.73. The van der Waals surface area contributed by atoms with Crippen LogP contribution in [-0.2, 0) is 35.6 Å². The van der Waals surface area contributed by atoms with Crippen molar-refractivity contribution >= 4 is 45.0 Å². The summed E-state index contributed by atoms with van der Waals surface area (Å²) in [7, 11) is -2.36. The Morgan fingerprint density at radius 3 is 1.96 bits per heavy atom. The van der Waals surface area contributed by atoms with Crippen molar-refractivity contribution in [3.63, 3.8) is 0 Å². The van der Waals surface area contributed by atoms with Gasteiger partial charge >= 0.3 is 0 Å². The molecule has 0 aliphatic carbocycles. The molecule has 0 fully saturated rings. The van der Waals surface area contributed by atoms with Gasteiger partial charge in [-0.15, -0.1) is 11.3 Å². The number of hydrogen-bond acceptors (Lipinski definition) is 9. The number of carbonyl (C=O) groups excluding carboxylic acids is 4. The highest BCUT2D eigenvalue weighted by molar-refractivity contribution is 7.88. The van der Waals surface area contributed by atoms with Crippen LogP contribution in [0.2, 0.25) is 0 Å². The van der Waals surface area contributed by atoms with E-state index in [0.717, 1.165) is 21.3 Å². The third-order valence-corrected chi connectivity index (χ3v) is 10.00. The van der Waals surface area contributed by atoms with E-state index in [4.69, 9.17) is 0 Å². The molecule has 6 atom stereocenters. The van der Waals surface area contributed by atoms with Gasteiger partial charge in [-0.3, -0.25) is 19.2 Å². The van der Waals surface area contributed by atoms with Crippen molar-refractivity contribution in [3.8, 4) is 0 Å². The Labute approximate surface area is 285 Å². The standard InChI is InChI=1S/C32H58N6O7S2/c1-18(2)12-24(26(39)13-21(7)30(41)37-28(20(5)6)32(43)33-15-19(3)4)35-31(42)25(16-38(10)47(11,44)45)36-29(40)22(8)14-27-34-23(9)17-46-27/h17-22,24-26,28,39H,12-16H2,1-11H3,(H,33,43)(H,35,42)(H,36,40)(H,37,41). The first-order valence-corrected chi connectivity index (χ1v) is 19.0. The summed E-state index contributed by atoms with van der Waals surface area (Å²) < 4.78 is 25.4. The lowest BCUT2D eigenvalue weighted by Gasteiger charge is -2.31. The zero-order valence-corrected chi connectivity index (χ0v) is 31.5. The van der Waals surface area contributed by atoms with Crippen molar-refractivity contribution in [2.75, 3.05) is 26.4 Å². The third kappa shape index (κ3) is 15.4. The van der Waals surface area contributed by atoms with Crippen molar-refractivity contribution in [1.82, 2.24) is 30.6 Å². The van der Waals surface area contributed by atoms with E-state index in [9.17, 15) is 32.7 Å². The quantitative estimate of drug-likeness (QED) is 0.136. The number of likely N-dealkylation sites (N-methyl/N-ethyl adjacent to an activating group) is 1. The Kier molecular flexibility index (Phi) is 17.5. The van der Waals surface area contributed by atoms with Crippen LogP contribution < -0.4 is 21.3 Å². The molecule has 13 nitrogen and oxygen atoms in total. The van der Waals surface area contributed by atoms with Crippen molar-refractivity contribution in [2.24, 2.45) is 29.6 Å². The van der Waals surface area contributed by atoms with E-state index in [1.165, 1.54) is 18.4 Å². The van der Waals surface area contributed by atoms with Gasteiger partial charge in [0, 0.05) is 49.5 Å². The smallest absolute Gasteiger partial charge is 0.244 e. The Hall–Kier alpha value is -2.62. The second-order valence-corrected chi connectivity index (χ2v) is 16.9. The number of nitrogens with one attached hydrogen (secondary N) is 4. The van der Waals surface area contributed by atoms with E-state index >= 15 is 0 Å². The van der Waals surface area contributed by atoms with Gasteiger partial charge in [0.2, 0.25) is 33.7 Å². The minimum absolute atomic E-state index is 0.00748. The predicted octanol–water partition coefficient (Wildman–Crippen LogP) is 1.84. The van der Waals surface area contributed by atoms with Crippen LogP contribution in [-0.4, -0.2) is 97.1 Å². The molecule has 5 N–H and O–H groups in total. The Morgan fingerprint density at radius 1 is 0.872 bits per heavy atom. The number of aryl methyl sites for hydroxylation is 1. The molecule has 0 aromatic carbocycles. The third-order valence-electron chi connectivity index (χ3n) is 7.73. The molecule has 1 aromatic heterocycles. The zero-order chi connectivity index (χ0) is 36.2. The number of thiazole rings is 1. The molecule has 1 rings (SSSR count). The zero-order valence-electron chi connectivity index (χ0n) is 29.9. The largest absolute Gasteiger partial charge is 0.391 e. The number of hydrogen-bond donors (Lipinski definition) is 5. The number of amides is 4. The minimum Gasteiger partial charge on any atom is -0.391 e. The van der Waals surface area contributed by atoms with Gasteiger partial charge in [-0.2, -0.15) is 0 Å². The number of nitrogens with zero attached hydrogens (tertiary/aromatic N) is 2. The molecule has 0 saturated heterocycles. The van der Waals surface area contributed by atoms with Crippen LogP contribution >= 0.6 is 11.3 Å². The van der Waals surface area contributed by atoms with Crippen molar-refractivity contribution in [1.29, 1.82) is 0 Å². The molecule has 0 radical (unpaired) electrons. The summed E-state index contributed by atoms with van der Waals surface area (Å²) in [5.74, 6) is -2.89. The lowest BCUT2D eigenvalue weighted by atomic mass is 9.91. The van der Waals surface area contributed by atoms with E-state index in [1.807, 2.05) is 53.8 Å². The number of rotatable bonds is 20. The monoisotopic (exact) mass is 702 g/mol. The lowest BCUT2D eigenvalue weighted by Crippen LogP contribution is -2.57. The van der Waals surface area contributed by atoms with Crippen LogP contribution in [0.4, 0.5) is 0 Å². The second-order valence-electron chi connectivity index (χ2n) is 13.9. The summed E-state index contributed by atoms with van der Waals surface area (Å²) in [5.41, 5.74) is 0.845. The lowest BCUT2D eigenvalue weighted by molar-refractivity contribution is -0.133. The minimum atomic E-state index is -3.68. The molecule has 0 aliphatic rings. The maximum atomic E-state index is 13.7. The maximum absolute atomic E-state index is 13.7. The molecule has 47 heavy (non-hydrogen) atoms. The van der Waals surface area contributed by atoms with E-state index in [-0.39, 0.29) is 36.6 Å². The highest BCUT2D eigenvalue weighted by atomic mass is 32.2. The molecule has 270 valence electrons. The summed E-state index contributed by atoms with van der Waals surface area (Å²) in [4.78, 5) is 57.1. The van der Waals surface area contributed by atoms with Crippen LogP contribution in [0.15, 0.2) is 5.38 Å². The van der Waals surface area contributed by atoms with Crippen LogP contribution in [0.3, 0.4) is 0 Å². The normalized spacial score (nSPS) is 16.0. The average Bonchev–Trinajstić information content (AvgIpc) is 3.36. The molecular formula is C32H58N6O7S2. The molecule has 4 amide bonds. The second kappa shape index (κ2) is 19.4. The molecule has 0 spiro atoms. The van der Waals surface area contributed by atoms with Crippen LogP contribution in [0, 0.1) is 36.5 Å². The first-order chi connectivity index (χ1) is 21.6. The van der Waals surface area contributed by atoms with Gasteiger partial charge in [-0.1, -0.05) is 55.4 Å². The van der Waals surface area contributed by atoms with Crippen molar-refractivity contribution < 1.29 is 32.7 Å².